The molecule has 2 aliphatic rings. The summed E-state index contributed by atoms with van der Waals surface area (Å²) in [5.41, 5.74) is 4.55. The van der Waals surface area contributed by atoms with Gasteiger partial charge in [0.25, 0.3) is 0 Å². The first-order chi connectivity index (χ1) is 9.83. The number of carbonyl (C=O) groups is 1. The van der Waals surface area contributed by atoms with Crippen LogP contribution in [-0.4, -0.2) is 12.4 Å². The topological polar surface area (TPSA) is 26.3 Å². The van der Waals surface area contributed by atoms with E-state index in [9.17, 15) is 4.79 Å². The Morgan fingerprint density at radius 2 is 1.95 bits per heavy atom. The normalized spacial score (nSPS) is 19.6. The van der Waals surface area contributed by atoms with Crippen LogP contribution >= 0.6 is 0 Å². The number of fused-ring (bicyclic) bond motifs is 3. The molecule has 0 saturated carbocycles. The minimum Gasteiger partial charge on any atom is -0.493 e. The Morgan fingerprint density at radius 1 is 1.10 bits per heavy atom. The highest BCUT2D eigenvalue weighted by molar-refractivity contribution is 6.04. The lowest BCUT2D eigenvalue weighted by atomic mass is 9.95. The molecule has 0 spiro atoms. The van der Waals surface area contributed by atoms with E-state index in [-0.39, 0.29) is 5.92 Å². The Balaban J connectivity index is 1.66. The maximum atomic E-state index is 12.7. The van der Waals surface area contributed by atoms with E-state index >= 15 is 0 Å². The van der Waals surface area contributed by atoms with Gasteiger partial charge in [0, 0.05) is 23.5 Å². The fourth-order valence-corrected chi connectivity index (χ4v) is 3.43. The Morgan fingerprint density at radius 3 is 2.80 bits per heavy atom. The molecule has 4 rings (SSSR count). The smallest absolute Gasteiger partial charge is 0.167 e. The first-order valence-corrected chi connectivity index (χ1v) is 7.18. The van der Waals surface area contributed by atoms with Crippen LogP contribution in [0.15, 0.2) is 42.5 Å². The van der Waals surface area contributed by atoms with E-state index in [1.807, 2.05) is 24.3 Å². The average Bonchev–Trinajstić information content (AvgIpc) is 3.05. The number of carbonyl (C=O) groups excluding carboxylic acids is 1. The largest absolute Gasteiger partial charge is 0.493 e. The van der Waals surface area contributed by atoms with Crippen molar-refractivity contribution in [3.63, 3.8) is 0 Å². The summed E-state index contributed by atoms with van der Waals surface area (Å²) in [5, 5.41) is 0. The molecule has 20 heavy (non-hydrogen) atoms. The highest BCUT2D eigenvalue weighted by Gasteiger charge is 2.34. The molecule has 2 nitrogen and oxygen atoms in total. The highest BCUT2D eigenvalue weighted by Crippen LogP contribution is 2.38. The Bertz CT molecular complexity index is 673. The van der Waals surface area contributed by atoms with Gasteiger partial charge in [0.2, 0.25) is 0 Å². The molecule has 100 valence electrons. The summed E-state index contributed by atoms with van der Waals surface area (Å²) in [4.78, 5) is 12.7. The molecule has 0 bridgehead atoms. The standard InChI is InChI=1S/C18H16O2/c19-18-14(10-12-4-2-1-3-5-12)11-13-6-7-16-15(17(13)18)8-9-20-16/h1-7,14H,8-11H2. The number of ether oxygens (including phenoxy) is 1. The Hall–Kier alpha value is -2.09. The molecular weight excluding hydrogens is 248 g/mol. The molecule has 2 aromatic rings. The number of rotatable bonds is 2. The van der Waals surface area contributed by atoms with Crippen molar-refractivity contribution in [2.45, 2.75) is 19.3 Å². The number of benzene rings is 2. The van der Waals surface area contributed by atoms with Crippen LogP contribution < -0.4 is 4.74 Å². The van der Waals surface area contributed by atoms with Crippen LogP contribution in [0.4, 0.5) is 0 Å². The van der Waals surface area contributed by atoms with E-state index in [4.69, 9.17) is 4.74 Å². The molecular formula is C18H16O2. The molecule has 0 aromatic heterocycles. The molecule has 2 heteroatoms. The van der Waals surface area contributed by atoms with Crippen molar-refractivity contribution in [3.8, 4) is 5.75 Å². The third-order valence-corrected chi connectivity index (χ3v) is 4.37. The summed E-state index contributed by atoms with van der Waals surface area (Å²) in [7, 11) is 0. The van der Waals surface area contributed by atoms with Crippen molar-refractivity contribution in [3.05, 3.63) is 64.7 Å². The second kappa shape index (κ2) is 4.48. The van der Waals surface area contributed by atoms with Gasteiger partial charge >= 0.3 is 0 Å². The zero-order valence-electron chi connectivity index (χ0n) is 11.3. The lowest BCUT2D eigenvalue weighted by molar-refractivity contribution is 0.0935. The maximum Gasteiger partial charge on any atom is 0.167 e. The molecule has 1 unspecified atom stereocenters. The lowest BCUT2D eigenvalue weighted by Crippen LogP contribution is -2.13. The van der Waals surface area contributed by atoms with Crippen LogP contribution in [0.5, 0.6) is 5.75 Å². The van der Waals surface area contributed by atoms with Crippen molar-refractivity contribution in [2.75, 3.05) is 6.61 Å². The van der Waals surface area contributed by atoms with Crippen molar-refractivity contribution in [1.82, 2.24) is 0 Å². The molecule has 0 fully saturated rings. The fourth-order valence-electron chi connectivity index (χ4n) is 3.43. The van der Waals surface area contributed by atoms with Crippen molar-refractivity contribution < 1.29 is 9.53 Å². The van der Waals surface area contributed by atoms with Crippen LogP contribution in [0.25, 0.3) is 0 Å². The summed E-state index contributed by atoms with van der Waals surface area (Å²) >= 11 is 0. The Labute approximate surface area is 118 Å². The number of Topliss-reactive ketones (excluding diaryl/α,β-unsaturated/α-hetero) is 1. The highest BCUT2D eigenvalue weighted by atomic mass is 16.5. The molecule has 1 aliphatic heterocycles. The van der Waals surface area contributed by atoms with E-state index in [0.717, 1.165) is 36.1 Å². The van der Waals surface area contributed by atoms with E-state index in [0.29, 0.717) is 12.4 Å². The second-order valence-corrected chi connectivity index (χ2v) is 5.63. The van der Waals surface area contributed by atoms with Crippen LogP contribution in [0.3, 0.4) is 0 Å². The summed E-state index contributed by atoms with van der Waals surface area (Å²) in [5.74, 6) is 1.32. The number of hydrogen-bond donors (Lipinski definition) is 0. The van der Waals surface area contributed by atoms with Gasteiger partial charge in [-0.2, -0.15) is 0 Å². The molecule has 0 N–H and O–H groups in total. The van der Waals surface area contributed by atoms with E-state index in [2.05, 4.69) is 18.2 Å². The first-order valence-electron chi connectivity index (χ1n) is 7.18. The number of ketones is 1. The molecule has 0 radical (unpaired) electrons. The quantitative estimate of drug-likeness (QED) is 0.832. The van der Waals surface area contributed by atoms with E-state index in [1.54, 1.807) is 0 Å². The minimum absolute atomic E-state index is 0.0968. The van der Waals surface area contributed by atoms with Gasteiger partial charge in [-0.25, -0.2) is 0 Å². The number of hydrogen-bond acceptors (Lipinski definition) is 2. The monoisotopic (exact) mass is 264 g/mol. The Kier molecular flexibility index (Phi) is 2.62. The van der Waals surface area contributed by atoms with Crippen molar-refractivity contribution in [1.29, 1.82) is 0 Å². The van der Waals surface area contributed by atoms with Crippen LogP contribution in [-0.2, 0) is 19.3 Å². The minimum atomic E-state index is 0.0968. The predicted octanol–water partition coefficient (Wildman–Crippen LogP) is 3.22. The SMILES string of the molecule is O=C1c2c(ccc3c2CCO3)CC1Cc1ccccc1. The van der Waals surface area contributed by atoms with Crippen LogP contribution in [0.2, 0.25) is 0 Å². The van der Waals surface area contributed by atoms with E-state index < -0.39 is 0 Å². The summed E-state index contributed by atoms with van der Waals surface area (Å²) in [6.45, 7) is 0.711. The molecule has 0 amide bonds. The summed E-state index contributed by atoms with van der Waals surface area (Å²) in [6.07, 6.45) is 2.59. The van der Waals surface area contributed by atoms with Crippen LogP contribution in [0, 0.1) is 5.92 Å². The lowest BCUT2D eigenvalue weighted by Gasteiger charge is -2.07. The third-order valence-electron chi connectivity index (χ3n) is 4.37. The average molecular weight is 264 g/mol. The second-order valence-electron chi connectivity index (χ2n) is 5.63. The zero-order chi connectivity index (χ0) is 13.5. The van der Waals surface area contributed by atoms with Gasteiger partial charge in [-0.15, -0.1) is 0 Å². The van der Waals surface area contributed by atoms with Gasteiger partial charge in [0.05, 0.1) is 6.61 Å². The van der Waals surface area contributed by atoms with E-state index in [1.165, 1.54) is 11.1 Å². The molecule has 1 atom stereocenters. The summed E-state index contributed by atoms with van der Waals surface area (Å²) in [6, 6.07) is 14.4. The molecule has 0 saturated heterocycles. The zero-order valence-corrected chi connectivity index (χ0v) is 11.3. The maximum absolute atomic E-state index is 12.7. The van der Waals surface area contributed by atoms with Crippen molar-refractivity contribution in [2.24, 2.45) is 5.92 Å². The van der Waals surface area contributed by atoms with Crippen LogP contribution in [0.1, 0.15) is 27.0 Å². The van der Waals surface area contributed by atoms with Gasteiger partial charge in [-0.3, -0.25) is 4.79 Å². The summed E-state index contributed by atoms with van der Waals surface area (Å²) < 4.78 is 5.57. The molecule has 1 aliphatic carbocycles. The van der Waals surface area contributed by atoms with Gasteiger partial charge in [0.1, 0.15) is 5.75 Å². The van der Waals surface area contributed by atoms with Crippen molar-refractivity contribution >= 4 is 5.78 Å². The van der Waals surface area contributed by atoms with Gasteiger partial charge in [-0.1, -0.05) is 36.4 Å². The van der Waals surface area contributed by atoms with Gasteiger partial charge in [-0.05, 0) is 30.0 Å². The first kappa shape index (κ1) is 11.7. The molecule has 2 aromatic carbocycles. The van der Waals surface area contributed by atoms with Gasteiger partial charge in [0.15, 0.2) is 5.78 Å². The predicted molar refractivity (Wildman–Crippen MR) is 77.3 cm³/mol. The fraction of sp³-hybridized carbons (Fsp3) is 0.278. The van der Waals surface area contributed by atoms with Gasteiger partial charge < -0.3 is 4.74 Å². The molecule has 1 heterocycles. The third kappa shape index (κ3) is 1.75.